The summed E-state index contributed by atoms with van der Waals surface area (Å²) in [6.45, 7) is 5.95. The number of hydrogen-bond acceptors (Lipinski definition) is 3. The van der Waals surface area contributed by atoms with E-state index in [1.807, 2.05) is 26.1 Å². The van der Waals surface area contributed by atoms with Crippen LogP contribution in [0.3, 0.4) is 0 Å². The Hall–Kier alpha value is -1.88. The Bertz CT molecular complexity index is 547. The SMILES string of the molecule is CC(C)C(=O)NCCNCc1c[nH]c2ncccc12. The highest BCUT2D eigenvalue weighted by Gasteiger charge is 2.05. The number of rotatable bonds is 6. The van der Waals surface area contributed by atoms with Crippen LogP contribution < -0.4 is 10.6 Å². The van der Waals surface area contributed by atoms with Crippen molar-refractivity contribution in [1.29, 1.82) is 0 Å². The van der Waals surface area contributed by atoms with Gasteiger partial charge < -0.3 is 15.6 Å². The van der Waals surface area contributed by atoms with Crippen molar-refractivity contribution in [2.24, 2.45) is 5.92 Å². The molecule has 19 heavy (non-hydrogen) atoms. The summed E-state index contributed by atoms with van der Waals surface area (Å²) in [5, 5.41) is 7.33. The van der Waals surface area contributed by atoms with E-state index >= 15 is 0 Å². The fourth-order valence-electron chi connectivity index (χ4n) is 1.86. The van der Waals surface area contributed by atoms with E-state index in [0.29, 0.717) is 6.54 Å². The zero-order chi connectivity index (χ0) is 13.7. The summed E-state index contributed by atoms with van der Waals surface area (Å²) in [5.41, 5.74) is 2.10. The van der Waals surface area contributed by atoms with Crippen LogP contribution in [0.5, 0.6) is 0 Å². The first-order chi connectivity index (χ1) is 9.18. The van der Waals surface area contributed by atoms with Crippen LogP contribution in [0.25, 0.3) is 11.0 Å². The molecule has 0 spiro atoms. The molecule has 5 nitrogen and oxygen atoms in total. The molecule has 5 heteroatoms. The van der Waals surface area contributed by atoms with Crippen molar-refractivity contribution in [3.63, 3.8) is 0 Å². The lowest BCUT2D eigenvalue weighted by molar-refractivity contribution is -0.123. The number of aromatic nitrogens is 2. The monoisotopic (exact) mass is 260 g/mol. The first-order valence-corrected chi connectivity index (χ1v) is 6.58. The Morgan fingerprint density at radius 3 is 3.05 bits per heavy atom. The molecule has 0 saturated heterocycles. The Morgan fingerprint density at radius 1 is 1.42 bits per heavy atom. The highest BCUT2D eigenvalue weighted by Crippen LogP contribution is 2.14. The van der Waals surface area contributed by atoms with Gasteiger partial charge in [0.25, 0.3) is 0 Å². The van der Waals surface area contributed by atoms with Gasteiger partial charge in [0.1, 0.15) is 5.65 Å². The first kappa shape index (κ1) is 13.5. The predicted molar refractivity (Wildman–Crippen MR) is 75.6 cm³/mol. The van der Waals surface area contributed by atoms with E-state index in [-0.39, 0.29) is 11.8 Å². The molecule has 102 valence electrons. The van der Waals surface area contributed by atoms with E-state index < -0.39 is 0 Å². The molecule has 0 aliphatic rings. The van der Waals surface area contributed by atoms with Gasteiger partial charge in [-0.15, -0.1) is 0 Å². The number of H-pyrrole nitrogens is 1. The molecule has 0 fully saturated rings. The lowest BCUT2D eigenvalue weighted by Gasteiger charge is -2.08. The highest BCUT2D eigenvalue weighted by atomic mass is 16.1. The maximum atomic E-state index is 11.4. The van der Waals surface area contributed by atoms with Gasteiger partial charge in [-0.2, -0.15) is 0 Å². The number of nitrogens with one attached hydrogen (secondary N) is 3. The van der Waals surface area contributed by atoms with Crippen molar-refractivity contribution in [1.82, 2.24) is 20.6 Å². The minimum atomic E-state index is 0.0414. The van der Waals surface area contributed by atoms with Gasteiger partial charge in [-0.05, 0) is 17.7 Å². The van der Waals surface area contributed by atoms with Crippen molar-refractivity contribution in [2.75, 3.05) is 13.1 Å². The first-order valence-electron chi connectivity index (χ1n) is 6.58. The third-order valence-corrected chi connectivity index (χ3v) is 2.98. The second kappa shape index (κ2) is 6.33. The van der Waals surface area contributed by atoms with E-state index in [9.17, 15) is 4.79 Å². The summed E-state index contributed by atoms with van der Waals surface area (Å²) in [6.07, 6.45) is 3.74. The average Bonchev–Trinajstić information content (AvgIpc) is 2.81. The normalized spacial score (nSPS) is 11.1. The minimum absolute atomic E-state index is 0.0414. The van der Waals surface area contributed by atoms with Crippen molar-refractivity contribution >= 4 is 16.9 Å². The summed E-state index contributed by atoms with van der Waals surface area (Å²) >= 11 is 0. The van der Waals surface area contributed by atoms with E-state index in [4.69, 9.17) is 0 Å². The van der Waals surface area contributed by atoms with Crippen LogP contribution in [0.1, 0.15) is 19.4 Å². The molecule has 0 atom stereocenters. The van der Waals surface area contributed by atoms with E-state index in [0.717, 1.165) is 24.1 Å². The highest BCUT2D eigenvalue weighted by molar-refractivity contribution is 5.79. The van der Waals surface area contributed by atoms with Gasteiger partial charge in [-0.1, -0.05) is 13.8 Å². The average molecular weight is 260 g/mol. The summed E-state index contributed by atoms with van der Waals surface area (Å²) in [4.78, 5) is 18.7. The van der Waals surface area contributed by atoms with Gasteiger partial charge in [0.05, 0.1) is 0 Å². The molecule has 2 heterocycles. The van der Waals surface area contributed by atoms with Crippen LogP contribution in [0, 0.1) is 5.92 Å². The van der Waals surface area contributed by atoms with Crippen molar-refractivity contribution in [2.45, 2.75) is 20.4 Å². The lowest BCUT2D eigenvalue weighted by atomic mass is 10.2. The van der Waals surface area contributed by atoms with Crippen LogP contribution in [0.4, 0.5) is 0 Å². The smallest absolute Gasteiger partial charge is 0.222 e. The fraction of sp³-hybridized carbons (Fsp3) is 0.429. The second-order valence-electron chi connectivity index (χ2n) is 4.84. The van der Waals surface area contributed by atoms with Gasteiger partial charge in [-0.25, -0.2) is 4.98 Å². The summed E-state index contributed by atoms with van der Waals surface area (Å²) in [5.74, 6) is 0.137. The Balaban J connectivity index is 1.76. The van der Waals surface area contributed by atoms with Gasteiger partial charge in [-0.3, -0.25) is 4.79 Å². The number of hydrogen-bond donors (Lipinski definition) is 3. The van der Waals surface area contributed by atoms with Crippen LogP contribution >= 0.6 is 0 Å². The standard InChI is InChI=1S/C14H20N4O/c1-10(2)14(19)17-7-6-15-8-11-9-18-13-12(11)4-3-5-16-13/h3-5,9-10,15H,6-8H2,1-2H3,(H,16,18)(H,17,19). The molecular weight excluding hydrogens is 240 g/mol. The third kappa shape index (κ3) is 3.54. The number of pyridine rings is 1. The summed E-state index contributed by atoms with van der Waals surface area (Å²) in [7, 11) is 0. The van der Waals surface area contributed by atoms with Gasteiger partial charge in [0.2, 0.25) is 5.91 Å². The molecule has 2 rings (SSSR count). The molecule has 2 aromatic rings. The molecular formula is C14H20N4O. The molecule has 0 saturated carbocycles. The molecule has 0 bridgehead atoms. The summed E-state index contributed by atoms with van der Waals surface area (Å²) in [6, 6.07) is 3.99. The lowest BCUT2D eigenvalue weighted by Crippen LogP contribution is -2.34. The zero-order valence-electron chi connectivity index (χ0n) is 11.4. The Kier molecular flexibility index (Phi) is 4.52. The zero-order valence-corrected chi connectivity index (χ0v) is 11.4. The fourth-order valence-corrected chi connectivity index (χ4v) is 1.86. The maximum absolute atomic E-state index is 11.4. The Labute approximate surface area is 112 Å². The quantitative estimate of drug-likeness (QED) is 0.688. The summed E-state index contributed by atoms with van der Waals surface area (Å²) < 4.78 is 0. The van der Waals surface area contributed by atoms with Crippen LogP contribution in [-0.2, 0) is 11.3 Å². The van der Waals surface area contributed by atoms with Crippen LogP contribution in [-0.4, -0.2) is 29.0 Å². The molecule has 1 amide bonds. The molecule has 3 N–H and O–H groups in total. The van der Waals surface area contributed by atoms with Crippen molar-refractivity contribution < 1.29 is 4.79 Å². The van der Waals surface area contributed by atoms with Crippen molar-refractivity contribution in [3.8, 4) is 0 Å². The number of aromatic amines is 1. The van der Waals surface area contributed by atoms with E-state index in [1.165, 1.54) is 5.56 Å². The molecule has 0 radical (unpaired) electrons. The topological polar surface area (TPSA) is 69.8 Å². The molecule has 0 aliphatic heterocycles. The number of amides is 1. The maximum Gasteiger partial charge on any atom is 0.222 e. The van der Waals surface area contributed by atoms with Gasteiger partial charge >= 0.3 is 0 Å². The van der Waals surface area contributed by atoms with Gasteiger partial charge in [0.15, 0.2) is 0 Å². The minimum Gasteiger partial charge on any atom is -0.355 e. The molecule has 0 aromatic carbocycles. The number of carbonyl (C=O) groups excluding carboxylic acids is 1. The largest absolute Gasteiger partial charge is 0.355 e. The van der Waals surface area contributed by atoms with Crippen LogP contribution in [0.2, 0.25) is 0 Å². The molecule has 0 aliphatic carbocycles. The van der Waals surface area contributed by atoms with Crippen LogP contribution in [0.15, 0.2) is 24.5 Å². The number of fused-ring (bicyclic) bond motifs is 1. The third-order valence-electron chi connectivity index (χ3n) is 2.98. The second-order valence-corrected chi connectivity index (χ2v) is 4.84. The molecule has 0 unspecified atom stereocenters. The number of nitrogens with zero attached hydrogens (tertiary/aromatic N) is 1. The number of carbonyl (C=O) groups is 1. The van der Waals surface area contributed by atoms with E-state index in [1.54, 1.807) is 6.20 Å². The predicted octanol–water partition coefficient (Wildman–Crippen LogP) is 1.42. The van der Waals surface area contributed by atoms with Crippen molar-refractivity contribution in [3.05, 3.63) is 30.1 Å². The Morgan fingerprint density at radius 2 is 2.26 bits per heavy atom. The van der Waals surface area contributed by atoms with E-state index in [2.05, 4.69) is 26.7 Å². The van der Waals surface area contributed by atoms with Gasteiger partial charge in [0, 0.05) is 43.3 Å². The molecule has 2 aromatic heterocycles.